The minimum Gasteiger partial charge on any atom is -0.476 e. The number of hydrogen-bond donors (Lipinski definition) is 2. The maximum atomic E-state index is 14.9. The number of carboxylic acids is 1. The molecular weight excluding hydrogens is 510 g/mol. The Morgan fingerprint density at radius 2 is 1.92 bits per heavy atom. The van der Waals surface area contributed by atoms with Gasteiger partial charge in [0.25, 0.3) is 0 Å². The second-order valence-corrected chi connectivity index (χ2v) is 11.0. The Hall–Kier alpha value is -3.48. The van der Waals surface area contributed by atoms with E-state index in [9.17, 15) is 27.1 Å². The summed E-state index contributed by atoms with van der Waals surface area (Å²) in [4.78, 5) is 15.0. The molecule has 1 aliphatic carbocycles. The Kier molecular flexibility index (Phi) is 6.18. The summed E-state index contributed by atoms with van der Waals surface area (Å²) >= 11 is 1.10. The van der Waals surface area contributed by atoms with Crippen molar-refractivity contribution < 1.29 is 27.1 Å². The highest BCUT2D eigenvalue weighted by Crippen LogP contribution is 2.38. The highest BCUT2D eigenvalue weighted by molar-refractivity contribution is 7.89. The predicted molar refractivity (Wildman–Crippen MR) is 129 cm³/mol. The zero-order valence-corrected chi connectivity index (χ0v) is 20.3. The van der Waals surface area contributed by atoms with Crippen LogP contribution in [-0.2, 0) is 22.9 Å². The van der Waals surface area contributed by atoms with Gasteiger partial charge in [-0.3, -0.25) is 0 Å². The summed E-state index contributed by atoms with van der Waals surface area (Å²) in [6.07, 6.45) is 2.74. The van der Waals surface area contributed by atoms with E-state index >= 15 is 0 Å². The zero-order valence-electron chi connectivity index (χ0n) is 18.7. The van der Waals surface area contributed by atoms with Gasteiger partial charge in [0.15, 0.2) is 5.69 Å². The van der Waals surface area contributed by atoms with Gasteiger partial charge in [0.05, 0.1) is 11.4 Å². The third-order valence-corrected chi connectivity index (χ3v) is 7.73. The van der Waals surface area contributed by atoms with Gasteiger partial charge in [-0.25, -0.2) is 36.8 Å². The van der Waals surface area contributed by atoms with Crippen molar-refractivity contribution in [2.75, 3.05) is 0 Å². The lowest BCUT2D eigenvalue weighted by molar-refractivity contribution is 0.0691. The number of aromatic carboxylic acids is 1. The Balaban J connectivity index is 1.69. The molecule has 2 aromatic carbocycles. The van der Waals surface area contributed by atoms with Crippen molar-refractivity contribution in [2.45, 2.75) is 30.6 Å². The van der Waals surface area contributed by atoms with Gasteiger partial charge in [-0.15, -0.1) is 11.3 Å². The Morgan fingerprint density at radius 3 is 2.53 bits per heavy atom. The van der Waals surface area contributed by atoms with Crippen molar-refractivity contribution in [1.82, 2.24) is 14.8 Å². The number of carboxylic acid groups (broad SMARTS) is 1. The number of rotatable bonds is 8. The first-order chi connectivity index (χ1) is 17.1. The number of carbonyl (C=O) groups is 1. The fourth-order valence-electron chi connectivity index (χ4n) is 4.05. The maximum absolute atomic E-state index is 14.9. The summed E-state index contributed by atoms with van der Waals surface area (Å²) < 4.78 is 54.3. The number of nitrogens with two attached hydrogens (primary N) is 1. The van der Waals surface area contributed by atoms with Crippen molar-refractivity contribution in [3.05, 3.63) is 82.0 Å². The first kappa shape index (κ1) is 24.2. The minimum absolute atomic E-state index is 0.127. The number of benzene rings is 2. The smallest absolute Gasteiger partial charge is 0.355 e. The summed E-state index contributed by atoms with van der Waals surface area (Å²) in [6, 6.07) is 9.78. The fraction of sp³-hybridized carbons (Fsp3) is 0.208. The van der Waals surface area contributed by atoms with Crippen LogP contribution in [0.2, 0.25) is 0 Å². The molecule has 36 heavy (non-hydrogen) atoms. The number of hydrogen-bond acceptors (Lipinski definition) is 6. The van der Waals surface area contributed by atoms with E-state index in [4.69, 9.17) is 5.14 Å². The third kappa shape index (κ3) is 4.79. The summed E-state index contributed by atoms with van der Waals surface area (Å²) in [6.45, 7) is 0. The molecule has 0 aliphatic heterocycles. The second-order valence-electron chi connectivity index (χ2n) is 8.62. The van der Waals surface area contributed by atoms with Gasteiger partial charge in [-0.05, 0) is 55.0 Å². The fourth-order valence-corrected chi connectivity index (χ4v) is 5.41. The van der Waals surface area contributed by atoms with Crippen LogP contribution < -0.4 is 5.14 Å². The lowest BCUT2D eigenvalue weighted by Crippen LogP contribution is -2.14. The molecule has 0 spiro atoms. The van der Waals surface area contributed by atoms with Crippen LogP contribution in [-0.4, -0.2) is 34.3 Å². The summed E-state index contributed by atoms with van der Waals surface area (Å²) in [5.74, 6) is -2.27. The number of halogens is 2. The first-order valence-electron chi connectivity index (χ1n) is 11.0. The molecule has 12 heteroatoms. The van der Waals surface area contributed by atoms with Crippen LogP contribution in [0.15, 0.2) is 52.7 Å². The highest BCUT2D eigenvalue weighted by atomic mass is 32.2. The van der Waals surface area contributed by atoms with Gasteiger partial charge in [0.2, 0.25) is 15.2 Å². The van der Waals surface area contributed by atoms with Crippen LogP contribution in [0.25, 0.3) is 16.4 Å². The van der Waals surface area contributed by atoms with Gasteiger partial charge in [-0.2, -0.15) is 5.10 Å². The van der Waals surface area contributed by atoms with Crippen molar-refractivity contribution in [1.29, 1.82) is 0 Å². The van der Waals surface area contributed by atoms with Gasteiger partial charge >= 0.3 is 5.97 Å². The van der Waals surface area contributed by atoms with E-state index in [1.807, 2.05) is 0 Å². The maximum Gasteiger partial charge on any atom is 0.355 e. The molecule has 0 bridgehead atoms. The molecule has 2 aromatic heterocycles. The largest absolute Gasteiger partial charge is 0.476 e. The quantitative estimate of drug-likeness (QED) is 0.352. The monoisotopic (exact) mass is 530 g/mol. The molecule has 0 atom stereocenters. The van der Waals surface area contributed by atoms with Crippen molar-refractivity contribution >= 4 is 27.3 Å². The van der Waals surface area contributed by atoms with Crippen LogP contribution in [0.5, 0.6) is 0 Å². The third-order valence-electron chi connectivity index (χ3n) is 5.97. The topological polar surface area (TPSA) is 128 Å². The molecule has 5 rings (SSSR count). The van der Waals surface area contributed by atoms with Crippen LogP contribution >= 0.6 is 11.3 Å². The molecule has 0 amide bonds. The molecule has 0 saturated heterocycles. The normalized spacial score (nSPS) is 13.8. The molecule has 0 unspecified atom stereocenters. The predicted octanol–water partition coefficient (Wildman–Crippen LogP) is 4.16. The molecule has 186 valence electrons. The number of primary sulfonamides is 1. The average molecular weight is 531 g/mol. The highest BCUT2D eigenvalue weighted by Gasteiger charge is 2.30. The van der Waals surface area contributed by atoms with E-state index in [-0.39, 0.29) is 17.7 Å². The lowest BCUT2D eigenvalue weighted by Gasteiger charge is -2.10. The first-order valence-corrected chi connectivity index (χ1v) is 13.4. The van der Waals surface area contributed by atoms with E-state index in [1.54, 1.807) is 22.9 Å². The van der Waals surface area contributed by atoms with Crippen LogP contribution in [0.4, 0.5) is 8.78 Å². The van der Waals surface area contributed by atoms with Gasteiger partial charge in [-0.1, -0.05) is 18.2 Å². The Morgan fingerprint density at radius 1 is 1.17 bits per heavy atom. The molecule has 4 aromatic rings. The van der Waals surface area contributed by atoms with Crippen molar-refractivity contribution in [3.8, 4) is 16.4 Å². The van der Waals surface area contributed by atoms with Crippen LogP contribution in [0.1, 0.15) is 40.2 Å². The number of sulfonamides is 1. The van der Waals surface area contributed by atoms with Crippen LogP contribution in [0.3, 0.4) is 0 Å². The van der Waals surface area contributed by atoms with E-state index < -0.39 is 32.5 Å². The lowest BCUT2D eigenvalue weighted by atomic mass is 9.96. The molecule has 3 N–H and O–H groups in total. The zero-order chi connectivity index (χ0) is 25.6. The minimum atomic E-state index is -4.23. The van der Waals surface area contributed by atoms with Gasteiger partial charge in [0, 0.05) is 22.9 Å². The number of nitrogens with zero attached hydrogens (tertiary/aromatic N) is 3. The Labute approximate surface area is 209 Å². The molecule has 2 heterocycles. The van der Waals surface area contributed by atoms with E-state index in [1.165, 1.54) is 17.5 Å². The van der Waals surface area contributed by atoms with Gasteiger partial charge in [0.1, 0.15) is 16.5 Å². The average Bonchev–Trinajstić information content (AvgIpc) is 3.37. The Bertz CT molecular complexity index is 1590. The summed E-state index contributed by atoms with van der Waals surface area (Å²) in [7, 11) is -4.23. The van der Waals surface area contributed by atoms with Crippen molar-refractivity contribution in [3.63, 3.8) is 0 Å². The standard InChI is InChI=1S/C24H20F2N4O4S2/c25-17-4-2-1-3-15(17)22-16(9-14-7-8-21(18(26)10-14)36(27,33)34)20(11-13-5-6-13)30(29-22)24-28-19(12-35-24)23(31)32/h1-4,7-8,10,12-13H,5-6,9,11H2,(H,31,32)(H2,27,33,34). The summed E-state index contributed by atoms with van der Waals surface area (Å²) in [5.41, 5.74) is 2.23. The van der Waals surface area contributed by atoms with Crippen LogP contribution in [0, 0.1) is 17.6 Å². The number of aromatic nitrogens is 3. The molecule has 0 radical (unpaired) electrons. The van der Waals surface area contributed by atoms with Gasteiger partial charge < -0.3 is 5.11 Å². The van der Waals surface area contributed by atoms with E-state index in [2.05, 4.69) is 10.1 Å². The second kappa shape index (κ2) is 9.19. The van der Waals surface area contributed by atoms with E-state index in [0.717, 1.165) is 42.0 Å². The summed E-state index contributed by atoms with van der Waals surface area (Å²) in [5, 5.41) is 20.8. The molecule has 8 nitrogen and oxygen atoms in total. The number of thiazole rings is 1. The molecule has 1 aliphatic rings. The van der Waals surface area contributed by atoms with E-state index in [0.29, 0.717) is 34.3 Å². The van der Waals surface area contributed by atoms with Crippen molar-refractivity contribution in [2.24, 2.45) is 11.1 Å². The molecule has 1 fully saturated rings. The molecule has 1 saturated carbocycles. The molecular formula is C24H20F2N4O4S2. The SMILES string of the molecule is NS(=O)(=O)c1ccc(Cc2c(-c3ccccc3F)nn(-c3nc(C(=O)O)cs3)c2CC2CC2)cc1F.